The molecule has 1 saturated heterocycles. The van der Waals surface area contributed by atoms with Gasteiger partial charge in [-0.15, -0.1) is 0 Å². The van der Waals surface area contributed by atoms with Crippen LogP contribution in [0.5, 0.6) is 5.75 Å². The molecule has 0 aliphatic carbocycles. The zero-order valence-electron chi connectivity index (χ0n) is 20.8. The van der Waals surface area contributed by atoms with Crippen LogP contribution in [0.4, 0.5) is 5.69 Å². The van der Waals surface area contributed by atoms with Crippen molar-refractivity contribution < 1.29 is 28.6 Å². The van der Waals surface area contributed by atoms with Crippen LogP contribution in [0.15, 0.2) is 18.2 Å². The lowest BCUT2D eigenvalue weighted by atomic mass is 9.99. The average molecular weight is 476 g/mol. The molecule has 0 spiro atoms. The first-order valence-corrected chi connectivity index (χ1v) is 11.9. The highest BCUT2D eigenvalue weighted by Crippen LogP contribution is 2.28. The summed E-state index contributed by atoms with van der Waals surface area (Å²) >= 11 is 0. The molecule has 1 N–H and O–H groups in total. The van der Waals surface area contributed by atoms with E-state index in [1.165, 1.54) is 0 Å². The lowest BCUT2D eigenvalue weighted by Crippen LogP contribution is -2.48. The van der Waals surface area contributed by atoms with Crippen LogP contribution >= 0.6 is 0 Å². The quantitative estimate of drug-likeness (QED) is 0.721. The summed E-state index contributed by atoms with van der Waals surface area (Å²) in [6.07, 6.45) is 1.15. The summed E-state index contributed by atoms with van der Waals surface area (Å²) in [6, 6.07) is 4.88. The van der Waals surface area contributed by atoms with Gasteiger partial charge < -0.3 is 29.3 Å². The zero-order valence-corrected chi connectivity index (χ0v) is 20.8. The number of carbonyl (C=O) groups is 3. The number of anilines is 1. The number of ether oxygens (including phenoxy) is 3. The maximum atomic E-state index is 13.3. The minimum Gasteiger partial charge on any atom is -0.491 e. The molecule has 3 rings (SSSR count). The molecule has 0 aromatic heterocycles. The van der Waals surface area contributed by atoms with Crippen LogP contribution in [-0.4, -0.2) is 86.7 Å². The van der Waals surface area contributed by atoms with Crippen molar-refractivity contribution in [2.24, 2.45) is 11.8 Å². The number of nitrogens with zero attached hydrogens (tertiary/aromatic N) is 2. The molecule has 2 heterocycles. The SMILES string of the molecule is CO[C@H]1CN(C)C(=O)c2ccc(NC(=O)C3CCOCC3)cc2OC[C@@H](C)N(C(C)=O)C[C@H]1C. The second-order valence-corrected chi connectivity index (χ2v) is 9.36. The first-order chi connectivity index (χ1) is 16.2. The lowest BCUT2D eigenvalue weighted by molar-refractivity contribution is -0.133. The van der Waals surface area contributed by atoms with Gasteiger partial charge in [-0.25, -0.2) is 0 Å². The minimum atomic E-state index is -0.232. The van der Waals surface area contributed by atoms with Crippen molar-refractivity contribution in [2.75, 3.05) is 52.4 Å². The van der Waals surface area contributed by atoms with E-state index in [1.807, 2.05) is 13.8 Å². The number of carbonyl (C=O) groups excluding carboxylic acids is 3. The molecule has 188 valence electrons. The number of methoxy groups -OCH3 is 1. The summed E-state index contributed by atoms with van der Waals surface area (Å²) in [4.78, 5) is 41.7. The Hall–Kier alpha value is -2.65. The third kappa shape index (κ3) is 6.27. The van der Waals surface area contributed by atoms with Crippen molar-refractivity contribution in [3.05, 3.63) is 23.8 Å². The van der Waals surface area contributed by atoms with Crippen LogP contribution in [0.1, 0.15) is 44.0 Å². The van der Waals surface area contributed by atoms with E-state index >= 15 is 0 Å². The summed E-state index contributed by atoms with van der Waals surface area (Å²) in [7, 11) is 3.35. The minimum absolute atomic E-state index is 0.0215. The number of amides is 3. The lowest BCUT2D eigenvalue weighted by Gasteiger charge is -2.35. The Bertz CT molecular complexity index is 885. The van der Waals surface area contributed by atoms with E-state index in [0.717, 1.165) is 0 Å². The van der Waals surface area contributed by atoms with Crippen molar-refractivity contribution in [3.63, 3.8) is 0 Å². The Morgan fingerprint density at radius 1 is 1.15 bits per heavy atom. The van der Waals surface area contributed by atoms with Gasteiger partial charge in [-0.1, -0.05) is 6.92 Å². The van der Waals surface area contributed by atoms with Gasteiger partial charge in [0, 0.05) is 71.0 Å². The summed E-state index contributed by atoms with van der Waals surface area (Å²) in [5.41, 5.74) is 0.966. The number of rotatable bonds is 3. The number of hydrogen-bond donors (Lipinski definition) is 1. The molecule has 9 nitrogen and oxygen atoms in total. The van der Waals surface area contributed by atoms with E-state index in [2.05, 4.69) is 5.32 Å². The van der Waals surface area contributed by atoms with Gasteiger partial charge in [0.1, 0.15) is 12.4 Å². The standard InChI is InChI=1S/C25H37N3O6/c1-16-13-28(18(3)29)17(2)15-34-22-12-20(26-24(30)19-8-10-33-11-9-19)6-7-21(22)25(31)27(4)14-23(16)32-5/h6-7,12,16-17,19,23H,8-11,13-15H2,1-5H3,(H,26,30)/t16-,17-,23+/m1/s1. The first-order valence-electron chi connectivity index (χ1n) is 11.9. The molecule has 0 unspecified atom stereocenters. The molecule has 9 heteroatoms. The monoisotopic (exact) mass is 475 g/mol. The maximum absolute atomic E-state index is 13.3. The molecule has 1 aromatic rings. The third-order valence-corrected chi connectivity index (χ3v) is 6.71. The molecule has 2 aliphatic rings. The average Bonchev–Trinajstić information content (AvgIpc) is 2.83. The fraction of sp³-hybridized carbons (Fsp3) is 0.640. The van der Waals surface area contributed by atoms with Crippen molar-refractivity contribution >= 4 is 23.4 Å². The van der Waals surface area contributed by atoms with Crippen LogP contribution in [0.3, 0.4) is 0 Å². The van der Waals surface area contributed by atoms with E-state index in [1.54, 1.807) is 49.1 Å². The fourth-order valence-electron chi connectivity index (χ4n) is 4.49. The maximum Gasteiger partial charge on any atom is 0.257 e. The van der Waals surface area contributed by atoms with Crippen molar-refractivity contribution in [1.29, 1.82) is 0 Å². The van der Waals surface area contributed by atoms with Gasteiger partial charge in [0.15, 0.2) is 0 Å². The van der Waals surface area contributed by atoms with Crippen LogP contribution in [0, 0.1) is 11.8 Å². The van der Waals surface area contributed by atoms with Crippen molar-refractivity contribution in [3.8, 4) is 5.75 Å². The Kier molecular flexibility index (Phi) is 8.90. The van der Waals surface area contributed by atoms with Gasteiger partial charge in [-0.2, -0.15) is 0 Å². The summed E-state index contributed by atoms with van der Waals surface area (Å²) in [5.74, 6) is 0.00136. The number of hydrogen-bond acceptors (Lipinski definition) is 6. The van der Waals surface area contributed by atoms with Crippen LogP contribution in [0.25, 0.3) is 0 Å². The highest BCUT2D eigenvalue weighted by Gasteiger charge is 2.29. The fourth-order valence-corrected chi connectivity index (χ4v) is 4.49. The topological polar surface area (TPSA) is 97.4 Å². The molecule has 2 aliphatic heterocycles. The third-order valence-electron chi connectivity index (χ3n) is 6.71. The number of fused-ring (bicyclic) bond motifs is 1. The van der Waals surface area contributed by atoms with Gasteiger partial charge >= 0.3 is 0 Å². The molecule has 1 aromatic carbocycles. The second kappa shape index (κ2) is 11.7. The van der Waals surface area contributed by atoms with E-state index < -0.39 is 0 Å². The molecule has 0 saturated carbocycles. The molecule has 3 amide bonds. The first kappa shape index (κ1) is 26.0. The molecule has 0 radical (unpaired) electrons. The summed E-state index contributed by atoms with van der Waals surface area (Å²) < 4.78 is 17.1. The molecule has 1 fully saturated rings. The van der Waals surface area contributed by atoms with E-state index in [0.29, 0.717) is 56.1 Å². The van der Waals surface area contributed by atoms with Gasteiger partial charge in [0.2, 0.25) is 11.8 Å². The summed E-state index contributed by atoms with van der Waals surface area (Å²) in [6.45, 7) is 7.73. The Morgan fingerprint density at radius 3 is 2.50 bits per heavy atom. The molecule has 3 atom stereocenters. The smallest absolute Gasteiger partial charge is 0.257 e. The molecule has 34 heavy (non-hydrogen) atoms. The number of likely N-dealkylation sites (N-methyl/N-ethyl adjacent to an activating group) is 1. The predicted octanol–water partition coefficient (Wildman–Crippen LogP) is 2.40. The van der Waals surface area contributed by atoms with Crippen LogP contribution in [0.2, 0.25) is 0 Å². The van der Waals surface area contributed by atoms with Crippen molar-refractivity contribution in [1.82, 2.24) is 9.80 Å². The highest BCUT2D eigenvalue weighted by atomic mass is 16.5. The number of benzene rings is 1. The highest BCUT2D eigenvalue weighted by molar-refractivity contribution is 5.98. The van der Waals surface area contributed by atoms with Crippen LogP contribution < -0.4 is 10.1 Å². The Morgan fingerprint density at radius 2 is 1.85 bits per heavy atom. The van der Waals surface area contributed by atoms with Gasteiger partial charge in [0.05, 0.1) is 17.7 Å². The summed E-state index contributed by atoms with van der Waals surface area (Å²) in [5, 5.41) is 2.95. The normalized spacial score (nSPS) is 25.0. The van der Waals surface area contributed by atoms with Crippen LogP contribution in [-0.2, 0) is 19.1 Å². The van der Waals surface area contributed by atoms with Crippen molar-refractivity contribution in [2.45, 2.75) is 45.8 Å². The Balaban J connectivity index is 1.89. The second-order valence-electron chi connectivity index (χ2n) is 9.36. The number of nitrogens with one attached hydrogen (secondary N) is 1. The van der Waals surface area contributed by atoms with Gasteiger partial charge in [-0.3, -0.25) is 14.4 Å². The molecule has 0 bridgehead atoms. The van der Waals surface area contributed by atoms with E-state index in [9.17, 15) is 14.4 Å². The van der Waals surface area contributed by atoms with E-state index in [-0.39, 0.29) is 48.3 Å². The largest absolute Gasteiger partial charge is 0.491 e. The Labute approximate surface area is 201 Å². The predicted molar refractivity (Wildman–Crippen MR) is 128 cm³/mol. The van der Waals surface area contributed by atoms with E-state index in [4.69, 9.17) is 14.2 Å². The molecular weight excluding hydrogens is 438 g/mol. The zero-order chi connectivity index (χ0) is 24.8. The molecular formula is C25H37N3O6. The van der Waals surface area contributed by atoms with Gasteiger partial charge in [-0.05, 0) is 31.9 Å². The van der Waals surface area contributed by atoms with Gasteiger partial charge in [0.25, 0.3) is 5.91 Å².